The van der Waals surface area contributed by atoms with Gasteiger partial charge in [-0.1, -0.05) is 48.0 Å². The third-order valence-corrected chi connectivity index (χ3v) is 2.37. The standard InChI is InChI=1S/C14H13/c1-11-6-5-8-13(10-11)14-9-4-3-7-12(14)2/h3-8,10H,1-2H3. The average molecular weight is 181 g/mol. The molecule has 14 heavy (non-hydrogen) atoms. The summed E-state index contributed by atoms with van der Waals surface area (Å²) in [6.07, 6.45) is 0. The molecule has 0 heteroatoms. The summed E-state index contributed by atoms with van der Waals surface area (Å²) in [7, 11) is 0. The molecule has 0 unspecified atom stereocenters. The van der Waals surface area contributed by atoms with Crippen LogP contribution in [0.15, 0.2) is 42.5 Å². The molecule has 0 aliphatic carbocycles. The number of aryl methyl sites for hydroxylation is 2. The van der Waals surface area contributed by atoms with Gasteiger partial charge in [0.2, 0.25) is 0 Å². The van der Waals surface area contributed by atoms with Crippen molar-refractivity contribution in [3.8, 4) is 11.1 Å². The first kappa shape index (κ1) is 9.01. The van der Waals surface area contributed by atoms with E-state index in [0.717, 1.165) is 0 Å². The first-order valence-electron chi connectivity index (χ1n) is 4.82. The Hall–Kier alpha value is -1.56. The lowest BCUT2D eigenvalue weighted by atomic mass is 9.99. The summed E-state index contributed by atoms with van der Waals surface area (Å²) in [6.45, 7) is 4.23. The van der Waals surface area contributed by atoms with Gasteiger partial charge in [0, 0.05) is 0 Å². The summed E-state index contributed by atoms with van der Waals surface area (Å²) in [5, 5.41) is 0. The molecule has 0 amide bonds. The molecule has 0 bridgehead atoms. The normalized spacial score (nSPS) is 10.1. The van der Waals surface area contributed by atoms with E-state index in [9.17, 15) is 0 Å². The molecule has 0 nitrogen and oxygen atoms in total. The Morgan fingerprint density at radius 2 is 1.86 bits per heavy atom. The number of benzene rings is 2. The highest BCUT2D eigenvalue weighted by molar-refractivity contribution is 5.66. The Bertz CT molecular complexity index is 441. The van der Waals surface area contributed by atoms with Crippen molar-refractivity contribution in [2.45, 2.75) is 13.8 Å². The molecule has 0 saturated heterocycles. The minimum Gasteiger partial charge on any atom is -0.0614 e. The summed E-state index contributed by atoms with van der Waals surface area (Å²) in [4.78, 5) is 0. The lowest BCUT2D eigenvalue weighted by molar-refractivity contribution is 1.42. The zero-order valence-corrected chi connectivity index (χ0v) is 8.54. The van der Waals surface area contributed by atoms with Crippen LogP contribution in [0.4, 0.5) is 0 Å². The second-order valence-corrected chi connectivity index (χ2v) is 3.60. The topological polar surface area (TPSA) is 0 Å². The highest BCUT2D eigenvalue weighted by Gasteiger charge is 2.00. The molecule has 2 aromatic carbocycles. The van der Waals surface area contributed by atoms with Crippen LogP contribution in [0, 0.1) is 19.9 Å². The maximum atomic E-state index is 3.28. The van der Waals surface area contributed by atoms with Crippen molar-refractivity contribution < 1.29 is 0 Å². The van der Waals surface area contributed by atoms with Crippen molar-refractivity contribution in [1.29, 1.82) is 0 Å². The number of hydrogen-bond acceptors (Lipinski definition) is 0. The van der Waals surface area contributed by atoms with Crippen LogP contribution in [0.2, 0.25) is 0 Å². The zero-order valence-electron chi connectivity index (χ0n) is 8.54. The maximum Gasteiger partial charge on any atom is -0.00758 e. The van der Waals surface area contributed by atoms with Gasteiger partial charge in [0.05, 0.1) is 0 Å². The lowest BCUT2D eigenvalue weighted by Gasteiger charge is -2.05. The molecular formula is C14H13. The quantitative estimate of drug-likeness (QED) is 0.628. The Morgan fingerprint density at radius 3 is 2.57 bits per heavy atom. The molecule has 69 valence electrons. The van der Waals surface area contributed by atoms with Gasteiger partial charge in [-0.3, -0.25) is 0 Å². The van der Waals surface area contributed by atoms with Crippen LogP contribution >= 0.6 is 0 Å². The molecule has 0 saturated carbocycles. The predicted molar refractivity (Wildman–Crippen MR) is 60.2 cm³/mol. The molecule has 1 radical (unpaired) electrons. The molecule has 0 aromatic heterocycles. The Labute approximate surface area is 85.2 Å². The Morgan fingerprint density at radius 1 is 1.00 bits per heavy atom. The smallest absolute Gasteiger partial charge is 0.00758 e. The Kier molecular flexibility index (Phi) is 2.36. The second-order valence-electron chi connectivity index (χ2n) is 3.60. The van der Waals surface area contributed by atoms with Crippen molar-refractivity contribution in [2.24, 2.45) is 0 Å². The molecule has 0 atom stereocenters. The van der Waals surface area contributed by atoms with Gasteiger partial charge in [0.15, 0.2) is 0 Å². The van der Waals surface area contributed by atoms with Gasteiger partial charge >= 0.3 is 0 Å². The first-order valence-corrected chi connectivity index (χ1v) is 4.82. The van der Waals surface area contributed by atoms with Crippen LogP contribution in [-0.4, -0.2) is 0 Å². The summed E-state index contributed by atoms with van der Waals surface area (Å²) in [5.41, 5.74) is 5.02. The van der Waals surface area contributed by atoms with Gasteiger partial charge < -0.3 is 0 Å². The molecule has 0 N–H and O–H groups in total. The van der Waals surface area contributed by atoms with E-state index < -0.39 is 0 Å². The van der Waals surface area contributed by atoms with Gasteiger partial charge in [0.1, 0.15) is 0 Å². The summed E-state index contributed by atoms with van der Waals surface area (Å²) in [5.74, 6) is 0. The second kappa shape index (κ2) is 3.67. The fourth-order valence-corrected chi connectivity index (χ4v) is 1.63. The van der Waals surface area contributed by atoms with Crippen LogP contribution in [0.3, 0.4) is 0 Å². The van der Waals surface area contributed by atoms with E-state index in [2.05, 4.69) is 50.2 Å². The number of hydrogen-bond donors (Lipinski definition) is 0. The van der Waals surface area contributed by atoms with E-state index in [4.69, 9.17) is 0 Å². The van der Waals surface area contributed by atoms with E-state index >= 15 is 0 Å². The van der Waals surface area contributed by atoms with Crippen LogP contribution in [-0.2, 0) is 0 Å². The maximum absolute atomic E-state index is 3.28. The zero-order chi connectivity index (χ0) is 9.97. The highest BCUT2D eigenvalue weighted by atomic mass is 14.0. The third-order valence-electron chi connectivity index (χ3n) is 2.37. The number of rotatable bonds is 1. The van der Waals surface area contributed by atoms with Gasteiger partial charge in [-0.15, -0.1) is 0 Å². The fraction of sp³-hybridized carbons (Fsp3) is 0.143. The monoisotopic (exact) mass is 181 g/mol. The molecule has 2 aromatic rings. The molecule has 0 spiro atoms. The van der Waals surface area contributed by atoms with Crippen LogP contribution in [0.5, 0.6) is 0 Å². The van der Waals surface area contributed by atoms with Crippen molar-refractivity contribution >= 4 is 0 Å². The first-order chi connectivity index (χ1) is 6.77. The lowest BCUT2D eigenvalue weighted by Crippen LogP contribution is -1.83. The summed E-state index contributed by atoms with van der Waals surface area (Å²) < 4.78 is 0. The van der Waals surface area contributed by atoms with E-state index in [1.807, 2.05) is 12.1 Å². The van der Waals surface area contributed by atoms with Crippen molar-refractivity contribution in [2.75, 3.05) is 0 Å². The van der Waals surface area contributed by atoms with Crippen LogP contribution in [0.1, 0.15) is 11.1 Å². The molecule has 0 aliphatic heterocycles. The fourth-order valence-electron chi connectivity index (χ4n) is 1.63. The average Bonchev–Trinajstić information content (AvgIpc) is 2.18. The van der Waals surface area contributed by atoms with Crippen molar-refractivity contribution in [3.05, 3.63) is 59.7 Å². The predicted octanol–water partition coefficient (Wildman–Crippen LogP) is 3.77. The van der Waals surface area contributed by atoms with E-state index in [-0.39, 0.29) is 0 Å². The summed E-state index contributed by atoms with van der Waals surface area (Å²) in [6, 6.07) is 17.9. The highest BCUT2D eigenvalue weighted by Crippen LogP contribution is 2.22. The van der Waals surface area contributed by atoms with E-state index in [1.165, 1.54) is 22.3 Å². The van der Waals surface area contributed by atoms with E-state index in [0.29, 0.717) is 0 Å². The van der Waals surface area contributed by atoms with Gasteiger partial charge in [-0.2, -0.15) is 0 Å². The van der Waals surface area contributed by atoms with Crippen molar-refractivity contribution in [3.63, 3.8) is 0 Å². The van der Waals surface area contributed by atoms with Crippen LogP contribution < -0.4 is 0 Å². The molecule has 0 aliphatic rings. The molecule has 0 heterocycles. The van der Waals surface area contributed by atoms with Crippen molar-refractivity contribution in [1.82, 2.24) is 0 Å². The molecule has 2 rings (SSSR count). The third kappa shape index (κ3) is 1.69. The van der Waals surface area contributed by atoms with Gasteiger partial charge in [-0.05, 0) is 36.6 Å². The minimum absolute atomic E-state index is 1.20. The molecule has 0 fully saturated rings. The SMILES string of the molecule is Cc1cccc(-c2[c]cccc2C)c1. The largest absolute Gasteiger partial charge is 0.0614 e. The van der Waals surface area contributed by atoms with Gasteiger partial charge in [-0.25, -0.2) is 0 Å². The van der Waals surface area contributed by atoms with E-state index in [1.54, 1.807) is 0 Å². The minimum atomic E-state index is 1.20. The molecular weight excluding hydrogens is 168 g/mol. The Balaban J connectivity index is 2.55. The van der Waals surface area contributed by atoms with Crippen LogP contribution in [0.25, 0.3) is 11.1 Å². The summed E-state index contributed by atoms with van der Waals surface area (Å²) >= 11 is 0. The van der Waals surface area contributed by atoms with Gasteiger partial charge in [0.25, 0.3) is 0 Å².